The molecule has 0 saturated heterocycles. The third kappa shape index (κ3) is 3.37. The van der Waals surface area contributed by atoms with Gasteiger partial charge in [-0.15, -0.1) is 10.2 Å². The summed E-state index contributed by atoms with van der Waals surface area (Å²) in [6.45, 7) is 0.818. The van der Waals surface area contributed by atoms with Crippen molar-refractivity contribution < 1.29 is 9.47 Å². The zero-order valence-corrected chi connectivity index (χ0v) is 10.9. The highest BCUT2D eigenvalue weighted by Gasteiger charge is 2.01. The summed E-state index contributed by atoms with van der Waals surface area (Å²) < 4.78 is 11.4. The monoisotopic (exact) mass is 277 g/mol. The molecule has 8 nitrogen and oxygen atoms in total. The van der Waals surface area contributed by atoms with Crippen LogP contribution in [0.4, 0.5) is 5.95 Å². The highest BCUT2D eigenvalue weighted by molar-refractivity contribution is 5.31. The summed E-state index contributed by atoms with van der Waals surface area (Å²) in [4.78, 5) is 11.2. The maximum atomic E-state index is 11.2. The molecule has 0 radical (unpaired) electrons. The van der Waals surface area contributed by atoms with Gasteiger partial charge in [0.05, 0.1) is 13.7 Å². The van der Waals surface area contributed by atoms with Crippen LogP contribution in [-0.4, -0.2) is 35.1 Å². The highest BCUT2D eigenvalue weighted by atomic mass is 16.5. The van der Waals surface area contributed by atoms with Gasteiger partial charge in [0.1, 0.15) is 24.3 Å². The Kier molecular flexibility index (Phi) is 4.38. The van der Waals surface area contributed by atoms with E-state index >= 15 is 0 Å². The minimum atomic E-state index is -0.432. The maximum absolute atomic E-state index is 11.2. The van der Waals surface area contributed by atoms with Crippen LogP contribution in [0.3, 0.4) is 0 Å². The van der Waals surface area contributed by atoms with E-state index in [0.717, 1.165) is 22.4 Å². The van der Waals surface area contributed by atoms with E-state index < -0.39 is 5.56 Å². The van der Waals surface area contributed by atoms with E-state index in [4.69, 9.17) is 15.3 Å². The fourth-order valence-corrected chi connectivity index (χ4v) is 1.47. The minimum absolute atomic E-state index is 0.191. The third-order valence-electron chi connectivity index (χ3n) is 2.50. The molecule has 0 spiro atoms. The van der Waals surface area contributed by atoms with Crippen LogP contribution >= 0.6 is 0 Å². The normalized spacial score (nSPS) is 10.1. The molecule has 0 aliphatic heterocycles. The standard InChI is InChI=1S/C12H15N5O3/c1-19-9-2-4-10(5-3-9)20-7-6-14-12-16-15-8-11(18)17(12)13/h2-5,8H,6-7,13H2,1H3,(H,14,16). The minimum Gasteiger partial charge on any atom is -0.497 e. The van der Waals surface area contributed by atoms with E-state index in [-0.39, 0.29) is 5.95 Å². The molecule has 0 atom stereocenters. The van der Waals surface area contributed by atoms with E-state index in [2.05, 4.69) is 15.5 Å². The molecule has 0 fully saturated rings. The largest absolute Gasteiger partial charge is 0.497 e. The summed E-state index contributed by atoms with van der Waals surface area (Å²) in [5.41, 5.74) is -0.432. The van der Waals surface area contributed by atoms with Crippen LogP contribution < -0.4 is 26.2 Å². The lowest BCUT2D eigenvalue weighted by atomic mass is 10.3. The Balaban J connectivity index is 1.81. The molecule has 1 aromatic heterocycles. The van der Waals surface area contributed by atoms with Gasteiger partial charge < -0.3 is 20.6 Å². The number of rotatable bonds is 6. The number of anilines is 1. The van der Waals surface area contributed by atoms with Gasteiger partial charge in [-0.2, -0.15) is 4.68 Å². The second kappa shape index (κ2) is 6.41. The molecule has 2 aromatic rings. The first-order chi connectivity index (χ1) is 9.70. The Morgan fingerprint density at radius 3 is 2.70 bits per heavy atom. The van der Waals surface area contributed by atoms with Crippen LogP contribution in [0.15, 0.2) is 35.3 Å². The number of hydrogen-bond acceptors (Lipinski definition) is 7. The Hall–Kier alpha value is -2.77. The number of nitrogens with zero attached hydrogens (tertiary/aromatic N) is 3. The van der Waals surface area contributed by atoms with Gasteiger partial charge in [-0.05, 0) is 24.3 Å². The van der Waals surface area contributed by atoms with E-state index in [1.807, 2.05) is 12.1 Å². The van der Waals surface area contributed by atoms with Crippen molar-refractivity contribution in [2.75, 3.05) is 31.4 Å². The summed E-state index contributed by atoms with van der Waals surface area (Å²) >= 11 is 0. The van der Waals surface area contributed by atoms with Crippen molar-refractivity contribution in [2.45, 2.75) is 0 Å². The summed E-state index contributed by atoms with van der Waals surface area (Å²) in [6, 6.07) is 7.23. The summed E-state index contributed by atoms with van der Waals surface area (Å²) in [5.74, 6) is 7.17. The number of benzene rings is 1. The van der Waals surface area contributed by atoms with Crippen molar-refractivity contribution in [1.29, 1.82) is 0 Å². The van der Waals surface area contributed by atoms with E-state index in [1.165, 1.54) is 0 Å². The molecule has 0 saturated carbocycles. The number of aromatic nitrogens is 3. The van der Waals surface area contributed by atoms with Crippen molar-refractivity contribution in [3.8, 4) is 11.5 Å². The van der Waals surface area contributed by atoms with Gasteiger partial charge in [0.15, 0.2) is 0 Å². The molecule has 1 aromatic carbocycles. The number of nitrogens with one attached hydrogen (secondary N) is 1. The van der Waals surface area contributed by atoms with Gasteiger partial charge in [0, 0.05) is 0 Å². The van der Waals surface area contributed by atoms with Crippen LogP contribution in [0.5, 0.6) is 11.5 Å². The molecule has 3 N–H and O–H groups in total. The molecule has 0 unspecified atom stereocenters. The lowest BCUT2D eigenvalue weighted by Crippen LogP contribution is -2.31. The van der Waals surface area contributed by atoms with Gasteiger partial charge in [-0.1, -0.05) is 0 Å². The first-order valence-corrected chi connectivity index (χ1v) is 5.91. The molecule has 8 heteroatoms. The Morgan fingerprint density at radius 2 is 2.00 bits per heavy atom. The number of methoxy groups -OCH3 is 1. The van der Waals surface area contributed by atoms with Crippen LogP contribution in [0.1, 0.15) is 0 Å². The topological polar surface area (TPSA) is 104 Å². The van der Waals surface area contributed by atoms with Crippen molar-refractivity contribution in [3.05, 3.63) is 40.8 Å². The second-order valence-corrected chi connectivity index (χ2v) is 3.83. The summed E-state index contributed by atoms with van der Waals surface area (Å²) in [7, 11) is 1.60. The average molecular weight is 277 g/mol. The highest BCUT2D eigenvalue weighted by Crippen LogP contribution is 2.16. The molecule has 2 rings (SSSR count). The third-order valence-corrected chi connectivity index (χ3v) is 2.50. The molecule has 0 aliphatic rings. The molecule has 0 aliphatic carbocycles. The van der Waals surface area contributed by atoms with Crippen molar-refractivity contribution in [1.82, 2.24) is 14.9 Å². The van der Waals surface area contributed by atoms with Crippen LogP contribution in [0.2, 0.25) is 0 Å². The van der Waals surface area contributed by atoms with Gasteiger partial charge in [0.2, 0.25) is 5.95 Å². The van der Waals surface area contributed by atoms with Crippen LogP contribution in [0, 0.1) is 0 Å². The van der Waals surface area contributed by atoms with E-state index in [0.29, 0.717) is 13.2 Å². The Morgan fingerprint density at radius 1 is 1.30 bits per heavy atom. The predicted molar refractivity (Wildman–Crippen MR) is 73.4 cm³/mol. The van der Waals surface area contributed by atoms with Crippen molar-refractivity contribution >= 4 is 5.95 Å². The van der Waals surface area contributed by atoms with E-state index in [9.17, 15) is 4.79 Å². The first kappa shape index (κ1) is 13.7. The molecular weight excluding hydrogens is 262 g/mol. The molecule has 106 valence electrons. The fourth-order valence-electron chi connectivity index (χ4n) is 1.47. The molecule has 0 bridgehead atoms. The van der Waals surface area contributed by atoms with Gasteiger partial charge in [0.25, 0.3) is 5.56 Å². The van der Waals surface area contributed by atoms with Gasteiger partial charge >= 0.3 is 0 Å². The maximum Gasteiger partial charge on any atom is 0.292 e. The Labute approximate surface area is 115 Å². The quantitative estimate of drug-likeness (QED) is 0.559. The number of ether oxygens (including phenoxy) is 2. The average Bonchev–Trinajstić information content (AvgIpc) is 2.48. The Bertz CT molecular complexity index is 611. The summed E-state index contributed by atoms with van der Waals surface area (Å²) in [6.07, 6.45) is 1.04. The molecule has 20 heavy (non-hydrogen) atoms. The lowest BCUT2D eigenvalue weighted by Gasteiger charge is -2.09. The number of nitrogen functional groups attached to an aromatic ring is 1. The van der Waals surface area contributed by atoms with Crippen molar-refractivity contribution in [2.24, 2.45) is 0 Å². The van der Waals surface area contributed by atoms with Gasteiger partial charge in [-0.25, -0.2) is 0 Å². The predicted octanol–water partition coefficient (Wildman–Crippen LogP) is -0.148. The van der Waals surface area contributed by atoms with Crippen LogP contribution in [-0.2, 0) is 0 Å². The number of nitrogens with two attached hydrogens (primary N) is 1. The lowest BCUT2D eigenvalue weighted by molar-refractivity contribution is 0.331. The molecule has 0 amide bonds. The number of hydrogen-bond donors (Lipinski definition) is 2. The SMILES string of the molecule is COc1ccc(OCCNc2nncc(=O)n2N)cc1. The fraction of sp³-hybridized carbons (Fsp3) is 0.250. The molecule has 1 heterocycles. The molecular formula is C12H15N5O3. The van der Waals surface area contributed by atoms with Crippen LogP contribution in [0.25, 0.3) is 0 Å². The first-order valence-electron chi connectivity index (χ1n) is 5.91. The van der Waals surface area contributed by atoms with E-state index in [1.54, 1.807) is 19.2 Å². The van der Waals surface area contributed by atoms with Crippen molar-refractivity contribution in [3.63, 3.8) is 0 Å². The zero-order chi connectivity index (χ0) is 14.4. The van der Waals surface area contributed by atoms with Gasteiger partial charge in [-0.3, -0.25) is 4.79 Å². The summed E-state index contributed by atoms with van der Waals surface area (Å²) in [5, 5.41) is 10.1. The second-order valence-electron chi connectivity index (χ2n) is 3.83. The smallest absolute Gasteiger partial charge is 0.292 e. The zero-order valence-electron chi connectivity index (χ0n) is 10.9.